The number of aryl methyl sites for hydroxylation is 1. The molecule has 0 aliphatic heterocycles. The smallest absolute Gasteiger partial charge is 0.219 e. The summed E-state index contributed by atoms with van der Waals surface area (Å²) < 4.78 is 6.43. The van der Waals surface area contributed by atoms with Crippen molar-refractivity contribution in [1.29, 1.82) is 5.26 Å². The molecule has 0 unspecified atom stereocenters. The summed E-state index contributed by atoms with van der Waals surface area (Å²) in [7, 11) is 0. The van der Waals surface area contributed by atoms with E-state index in [0.717, 1.165) is 9.13 Å². The quantitative estimate of drug-likeness (QED) is 0.666. The van der Waals surface area contributed by atoms with E-state index >= 15 is 0 Å². The minimum Gasteiger partial charge on any atom is -0.436 e. The molecule has 0 saturated carbocycles. The predicted octanol–water partition coefficient (Wildman–Crippen LogP) is 3.24. The third kappa shape index (κ3) is 2.71. The van der Waals surface area contributed by atoms with Crippen LogP contribution in [0.2, 0.25) is 0 Å². The van der Waals surface area contributed by atoms with Gasteiger partial charge in [0.1, 0.15) is 0 Å². The lowest BCUT2D eigenvalue weighted by Gasteiger charge is -2.10. The Bertz CT molecular complexity index is 594. The first kappa shape index (κ1) is 12.6. The first-order valence-corrected chi connectivity index (χ1v) is 6.27. The second kappa shape index (κ2) is 5.23. The number of hydrogen-bond donors (Lipinski definition) is 1. The van der Waals surface area contributed by atoms with Crippen LogP contribution in [0.3, 0.4) is 0 Å². The van der Waals surface area contributed by atoms with Gasteiger partial charge in [-0.05, 0) is 47.2 Å². The normalized spacial score (nSPS) is 9.83. The molecular formula is C13H10IN3O. The molecule has 0 atom stereocenters. The van der Waals surface area contributed by atoms with Crippen LogP contribution in [0, 0.1) is 21.8 Å². The Kier molecular flexibility index (Phi) is 3.67. The van der Waals surface area contributed by atoms with Crippen LogP contribution in [0.4, 0.5) is 5.69 Å². The largest absolute Gasteiger partial charge is 0.436 e. The minimum absolute atomic E-state index is 0.431. The van der Waals surface area contributed by atoms with E-state index in [2.05, 4.69) is 33.6 Å². The van der Waals surface area contributed by atoms with E-state index in [-0.39, 0.29) is 0 Å². The summed E-state index contributed by atoms with van der Waals surface area (Å²) in [5.41, 5.74) is 7.87. The van der Waals surface area contributed by atoms with Gasteiger partial charge >= 0.3 is 0 Å². The summed E-state index contributed by atoms with van der Waals surface area (Å²) in [5.74, 6) is 1.01. The fraction of sp³-hybridized carbons (Fsp3) is 0.0769. The van der Waals surface area contributed by atoms with E-state index in [1.165, 1.54) is 0 Å². The number of nitrogens with zero attached hydrogens (tertiary/aromatic N) is 2. The molecule has 1 heterocycles. The fourth-order valence-corrected chi connectivity index (χ4v) is 2.16. The van der Waals surface area contributed by atoms with Gasteiger partial charge in [0.15, 0.2) is 5.75 Å². The number of benzene rings is 1. The van der Waals surface area contributed by atoms with Crippen molar-refractivity contribution in [2.24, 2.45) is 0 Å². The molecule has 0 saturated heterocycles. The highest BCUT2D eigenvalue weighted by Gasteiger charge is 2.10. The molecular weight excluding hydrogens is 341 g/mol. The first-order chi connectivity index (χ1) is 8.60. The Hall–Kier alpha value is -1.81. The number of rotatable bonds is 2. The fourth-order valence-electron chi connectivity index (χ4n) is 1.41. The molecule has 1 aromatic heterocycles. The summed E-state index contributed by atoms with van der Waals surface area (Å²) in [6.07, 6.45) is 1.72. The summed E-state index contributed by atoms with van der Waals surface area (Å²) in [6, 6.07) is 9.06. The van der Waals surface area contributed by atoms with Crippen molar-refractivity contribution < 1.29 is 4.74 Å². The van der Waals surface area contributed by atoms with Crippen LogP contribution in [-0.4, -0.2) is 4.98 Å². The highest BCUT2D eigenvalue weighted by Crippen LogP contribution is 2.32. The van der Waals surface area contributed by atoms with Crippen LogP contribution >= 0.6 is 22.6 Å². The van der Waals surface area contributed by atoms with Crippen LogP contribution in [0.25, 0.3) is 0 Å². The van der Waals surface area contributed by atoms with Crippen molar-refractivity contribution in [2.45, 2.75) is 6.92 Å². The third-order valence-electron chi connectivity index (χ3n) is 2.29. The van der Waals surface area contributed by atoms with Crippen molar-refractivity contribution in [3.63, 3.8) is 0 Å². The second-order valence-electron chi connectivity index (χ2n) is 3.76. The molecule has 90 valence electrons. The lowest BCUT2D eigenvalue weighted by molar-refractivity contribution is 0.462. The zero-order valence-electron chi connectivity index (χ0n) is 9.64. The molecule has 0 aliphatic carbocycles. The van der Waals surface area contributed by atoms with E-state index in [1.807, 2.05) is 13.0 Å². The number of aromatic nitrogens is 1. The predicted molar refractivity (Wildman–Crippen MR) is 77.3 cm³/mol. The molecule has 2 aromatic rings. The molecule has 0 amide bonds. The number of nitrogens with two attached hydrogens (primary N) is 1. The Balaban J connectivity index is 2.35. The maximum absolute atomic E-state index is 8.84. The minimum atomic E-state index is 0.431. The molecule has 2 N–H and O–H groups in total. The monoisotopic (exact) mass is 351 g/mol. The zero-order chi connectivity index (χ0) is 13.1. The van der Waals surface area contributed by atoms with Crippen LogP contribution in [0.5, 0.6) is 11.6 Å². The zero-order valence-corrected chi connectivity index (χ0v) is 11.8. The summed E-state index contributed by atoms with van der Waals surface area (Å²) >= 11 is 2.08. The average Bonchev–Trinajstić information content (AvgIpc) is 2.35. The number of hydrogen-bond acceptors (Lipinski definition) is 4. The highest BCUT2D eigenvalue weighted by atomic mass is 127. The van der Waals surface area contributed by atoms with Crippen molar-refractivity contribution in [1.82, 2.24) is 4.98 Å². The molecule has 0 aliphatic rings. The Labute approximate surface area is 119 Å². The van der Waals surface area contributed by atoms with Gasteiger partial charge < -0.3 is 10.5 Å². The van der Waals surface area contributed by atoms with Crippen LogP contribution < -0.4 is 10.5 Å². The molecule has 5 heteroatoms. The molecule has 18 heavy (non-hydrogen) atoms. The lowest BCUT2D eigenvalue weighted by Crippen LogP contribution is -1.97. The Morgan fingerprint density at radius 1 is 1.39 bits per heavy atom. The van der Waals surface area contributed by atoms with Crippen molar-refractivity contribution in [3.05, 3.63) is 45.2 Å². The van der Waals surface area contributed by atoms with E-state index in [1.54, 1.807) is 24.4 Å². The number of nitriles is 1. The van der Waals surface area contributed by atoms with Crippen LogP contribution in [-0.2, 0) is 0 Å². The third-order valence-corrected chi connectivity index (χ3v) is 3.09. The van der Waals surface area contributed by atoms with Gasteiger partial charge in [0, 0.05) is 12.3 Å². The molecule has 0 bridgehead atoms. The number of pyridine rings is 1. The topological polar surface area (TPSA) is 71.9 Å². The lowest BCUT2D eigenvalue weighted by atomic mass is 10.2. The van der Waals surface area contributed by atoms with Gasteiger partial charge in [0.2, 0.25) is 5.88 Å². The molecule has 2 rings (SSSR count). The summed E-state index contributed by atoms with van der Waals surface area (Å²) in [5, 5.41) is 8.84. The molecule has 4 nitrogen and oxygen atoms in total. The van der Waals surface area contributed by atoms with Crippen molar-refractivity contribution in [2.75, 3.05) is 5.73 Å². The van der Waals surface area contributed by atoms with E-state index < -0.39 is 0 Å². The van der Waals surface area contributed by atoms with Crippen molar-refractivity contribution >= 4 is 28.3 Å². The molecule has 0 radical (unpaired) electrons. The van der Waals surface area contributed by atoms with Gasteiger partial charge in [-0.1, -0.05) is 6.07 Å². The number of nitrogen functional groups attached to an aromatic ring is 1. The standard InChI is InChI=1S/C13H10IN3O/c1-8-2-3-12(17-7-8)18-13-10(14)4-9(6-15)5-11(13)16/h2-5,7H,16H2,1H3. The van der Waals surface area contributed by atoms with Gasteiger partial charge in [0.25, 0.3) is 0 Å². The maximum Gasteiger partial charge on any atom is 0.219 e. The second-order valence-corrected chi connectivity index (χ2v) is 4.93. The summed E-state index contributed by atoms with van der Waals surface area (Å²) in [4.78, 5) is 4.15. The number of anilines is 1. The molecule has 0 spiro atoms. The van der Waals surface area contributed by atoms with Crippen molar-refractivity contribution in [3.8, 4) is 17.7 Å². The SMILES string of the molecule is Cc1ccc(Oc2c(N)cc(C#N)cc2I)nc1. The van der Waals surface area contributed by atoms with Gasteiger partial charge in [-0.2, -0.15) is 5.26 Å². The Morgan fingerprint density at radius 3 is 2.72 bits per heavy atom. The van der Waals surface area contributed by atoms with E-state index in [4.69, 9.17) is 15.7 Å². The van der Waals surface area contributed by atoms with Gasteiger partial charge in [-0.3, -0.25) is 0 Å². The van der Waals surface area contributed by atoms with Gasteiger partial charge in [0.05, 0.1) is 20.9 Å². The molecule has 0 fully saturated rings. The first-order valence-electron chi connectivity index (χ1n) is 5.20. The van der Waals surface area contributed by atoms with E-state index in [0.29, 0.717) is 22.9 Å². The van der Waals surface area contributed by atoms with Gasteiger partial charge in [-0.25, -0.2) is 4.98 Å². The Morgan fingerprint density at radius 2 is 2.17 bits per heavy atom. The average molecular weight is 351 g/mol. The van der Waals surface area contributed by atoms with Crippen LogP contribution in [0.1, 0.15) is 11.1 Å². The van der Waals surface area contributed by atoms with Crippen LogP contribution in [0.15, 0.2) is 30.5 Å². The summed E-state index contributed by atoms with van der Waals surface area (Å²) in [6.45, 7) is 1.95. The van der Waals surface area contributed by atoms with E-state index in [9.17, 15) is 0 Å². The number of ether oxygens (including phenoxy) is 1. The number of halogens is 1. The highest BCUT2D eigenvalue weighted by molar-refractivity contribution is 14.1. The maximum atomic E-state index is 8.84. The van der Waals surface area contributed by atoms with Gasteiger partial charge in [-0.15, -0.1) is 0 Å². The molecule has 1 aromatic carbocycles.